The normalized spacial score (nSPS) is 12.3. The molecule has 3 N–H and O–H groups in total. The van der Waals surface area contributed by atoms with Gasteiger partial charge in [-0.25, -0.2) is 0 Å². The lowest BCUT2D eigenvalue weighted by atomic mass is 10.1. The van der Waals surface area contributed by atoms with Gasteiger partial charge in [0.1, 0.15) is 6.04 Å². The van der Waals surface area contributed by atoms with E-state index in [1.54, 1.807) is 11.8 Å². The van der Waals surface area contributed by atoms with Crippen LogP contribution in [0.2, 0.25) is 0 Å². The van der Waals surface area contributed by atoms with Gasteiger partial charge in [0, 0.05) is 5.75 Å². The highest BCUT2D eigenvalue weighted by molar-refractivity contribution is 7.99. The molecule has 0 bridgehead atoms. The van der Waals surface area contributed by atoms with Crippen molar-refractivity contribution in [3.05, 3.63) is 35.9 Å². The number of benzene rings is 1. The van der Waals surface area contributed by atoms with Crippen molar-refractivity contribution in [2.45, 2.75) is 25.3 Å². The molecular formula is C13H19NO2S. The molecule has 1 aromatic rings. The third-order valence-electron chi connectivity index (χ3n) is 2.46. The van der Waals surface area contributed by atoms with Crippen LogP contribution in [0.1, 0.15) is 18.4 Å². The van der Waals surface area contributed by atoms with Crippen LogP contribution in [-0.4, -0.2) is 28.6 Å². The van der Waals surface area contributed by atoms with E-state index in [9.17, 15) is 4.79 Å². The zero-order valence-electron chi connectivity index (χ0n) is 9.84. The molecule has 0 aliphatic heterocycles. The Kier molecular flexibility index (Phi) is 6.74. The van der Waals surface area contributed by atoms with Gasteiger partial charge in [0.25, 0.3) is 0 Å². The van der Waals surface area contributed by atoms with E-state index < -0.39 is 12.0 Å². The quantitative estimate of drug-likeness (QED) is 0.697. The molecule has 0 heterocycles. The average molecular weight is 253 g/mol. The zero-order valence-corrected chi connectivity index (χ0v) is 10.7. The average Bonchev–Trinajstić information content (AvgIpc) is 2.34. The molecule has 0 aromatic heterocycles. The van der Waals surface area contributed by atoms with Gasteiger partial charge in [-0.1, -0.05) is 30.3 Å². The number of rotatable bonds is 8. The fraction of sp³-hybridized carbons (Fsp3) is 0.462. The number of hydrogen-bond donors (Lipinski definition) is 2. The molecular weight excluding hydrogens is 234 g/mol. The minimum Gasteiger partial charge on any atom is -0.480 e. The molecule has 0 aliphatic rings. The second-order valence-electron chi connectivity index (χ2n) is 3.96. The SMILES string of the molecule is N[C@H](CSCCCCc1ccccc1)C(=O)O. The Morgan fingerprint density at radius 1 is 1.29 bits per heavy atom. The number of hydrogen-bond acceptors (Lipinski definition) is 3. The topological polar surface area (TPSA) is 63.3 Å². The number of aryl methyl sites for hydroxylation is 1. The number of aliphatic carboxylic acids is 1. The summed E-state index contributed by atoms with van der Waals surface area (Å²) in [5, 5.41) is 8.60. The van der Waals surface area contributed by atoms with Gasteiger partial charge in [-0.05, 0) is 30.6 Å². The first-order valence-corrected chi connectivity index (χ1v) is 6.95. The standard InChI is InChI=1S/C13H19NO2S/c14-12(13(15)16)10-17-9-5-4-8-11-6-2-1-3-7-11/h1-3,6-7,12H,4-5,8-10,14H2,(H,15,16)/t12-/m1/s1. The Bertz CT molecular complexity index is 329. The summed E-state index contributed by atoms with van der Waals surface area (Å²) < 4.78 is 0. The first kappa shape index (κ1) is 14.1. The van der Waals surface area contributed by atoms with Crippen LogP contribution < -0.4 is 5.73 Å². The van der Waals surface area contributed by atoms with E-state index in [4.69, 9.17) is 10.8 Å². The molecule has 1 aromatic carbocycles. The predicted octanol–water partition coefficient (Wildman–Crippen LogP) is 2.15. The number of carboxylic acid groups (broad SMARTS) is 1. The molecule has 0 aliphatic carbocycles. The fourth-order valence-corrected chi connectivity index (χ4v) is 2.43. The lowest BCUT2D eigenvalue weighted by Crippen LogP contribution is -2.32. The Morgan fingerprint density at radius 3 is 2.65 bits per heavy atom. The molecule has 0 fully saturated rings. The van der Waals surface area contributed by atoms with Gasteiger partial charge in [0.2, 0.25) is 0 Å². The number of unbranched alkanes of at least 4 members (excludes halogenated alkanes) is 1. The molecule has 17 heavy (non-hydrogen) atoms. The van der Waals surface area contributed by atoms with E-state index in [1.807, 2.05) is 6.07 Å². The van der Waals surface area contributed by atoms with Gasteiger partial charge in [0.15, 0.2) is 0 Å². The summed E-state index contributed by atoms with van der Waals surface area (Å²) in [7, 11) is 0. The van der Waals surface area contributed by atoms with E-state index in [2.05, 4.69) is 24.3 Å². The van der Waals surface area contributed by atoms with Crippen LogP contribution in [0.15, 0.2) is 30.3 Å². The molecule has 0 spiro atoms. The first-order chi connectivity index (χ1) is 8.20. The lowest BCUT2D eigenvalue weighted by molar-refractivity contribution is -0.137. The summed E-state index contributed by atoms with van der Waals surface area (Å²) in [5.41, 5.74) is 6.76. The van der Waals surface area contributed by atoms with E-state index in [-0.39, 0.29) is 0 Å². The number of nitrogens with two attached hydrogens (primary N) is 1. The summed E-state index contributed by atoms with van der Waals surface area (Å²) >= 11 is 1.62. The smallest absolute Gasteiger partial charge is 0.321 e. The van der Waals surface area contributed by atoms with E-state index in [0.717, 1.165) is 25.0 Å². The van der Waals surface area contributed by atoms with Crippen molar-refractivity contribution in [1.29, 1.82) is 0 Å². The van der Waals surface area contributed by atoms with Gasteiger partial charge in [-0.2, -0.15) is 11.8 Å². The summed E-state index contributed by atoms with van der Waals surface area (Å²) in [6, 6.07) is 9.66. The van der Waals surface area contributed by atoms with E-state index in [1.165, 1.54) is 5.56 Å². The van der Waals surface area contributed by atoms with Crippen LogP contribution in [0.5, 0.6) is 0 Å². The summed E-state index contributed by atoms with van der Waals surface area (Å²) in [6.45, 7) is 0. The van der Waals surface area contributed by atoms with Gasteiger partial charge < -0.3 is 10.8 Å². The van der Waals surface area contributed by atoms with Crippen molar-refractivity contribution < 1.29 is 9.90 Å². The molecule has 0 saturated heterocycles. The first-order valence-electron chi connectivity index (χ1n) is 5.80. The van der Waals surface area contributed by atoms with Crippen LogP contribution in [0, 0.1) is 0 Å². The van der Waals surface area contributed by atoms with Crippen molar-refractivity contribution in [3.8, 4) is 0 Å². The summed E-state index contributed by atoms with van der Waals surface area (Å²) in [4.78, 5) is 10.5. The molecule has 0 radical (unpaired) electrons. The molecule has 0 unspecified atom stereocenters. The Hall–Kier alpha value is -1.00. The van der Waals surface area contributed by atoms with Crippen molar-refractivity contribution in [1.82, 2.24) is 0 Å². The lowest BCUT2D eigenvalue weighted by Gasteiger charge is -2.05. The summed E-state index contributed by atoms with van der Waals surface area (Å²) in [6.07, 6.45) is 3.33. The second-order valence-corrected chi connectivity index (χ2v) is 5.11. The predicted molar refractivity (Wildman–Crippen MR) is 72.3 cm³/mol. The minimum atomic E-state index is -0.915. The van der Waals surface area contributed by atoms with Gasteiger partial charge in [-0.3, -0.25) is 4.79 Å². The molecule has 0 amide bonds. The third kappa shape index (κ3) is 6.34. The van der Waals surface area contributed by atoms with Crippen molar-refractivity contribution in [3.63, 3.8) is 0 Å². The second kappa shape index (κ2) is 8.14. The maximum Gasteiger partial charge on any atom is 0.321 e. The maximum atomic E-state index is 10.5. The van der Waals surface area contributed by atoms with Crippen LogP contribution >= 0.6 is 11.8 Å². The Labute approximate surface area is 106 Å². The third-order valence-corrected chi connectivity index (χ3v) is 3.63. The molecule has 4 heteroatoms. The van der Waals surface area contributed by atoms with E-state index in [0.29, 0.717) is 5.75 Å². The minimum absolute atomic E-state index is 0.501. The van der Waals surface area contributed by atoms with Gasteiger partial charge in [0.05, 0.1) is 0 Å². The number of carbonyl (C=O) groups is 1. The number of thioether (sulfide) groups is 1. The van der Waals surface area contributed by atoms with Gasteiger partial charge >= 0.3 is 5.97 Å². The monoisotopic (exact) mass is 253 g/mol. The summed E-state index contributed by atoms with van der Waals surface area (Å²) in [5.74, 6) is 0.566. The van der Waals surface area contributed by atoms with E-state index >= 15 is 0 Å². The highest BCUT2D eigenvalue weighted by atomic mass is 32.2. The fourth-order valence-electron chi connectivity index (χ4n) is 1.46. The molecule has 3 nitrogen and oxygen atoms in total. The highest BCUT2D eigenvalue weighted by Crippen LogP contribution is 2.09. The molecule has 0 saturated carbocycles. The van der Waals surface area contributed by atoms with Crippen LogP contribution in [-0.2, 0) is 11.2 Å². The molecule has 94 valence electrons. The van der Waals surface area contributed by atoms with Crippen LogP contribution in [0.4, 0.5) is 0 Å². The maximum absolute atomic E-state index is 10.5. The zero-order chi connectivity index (χ0) is 12.5. The van der Waals surface area contributed by atoms with Crippen molar-refractivity contribution in [2.75, 3.05) is 11.5 Å². The van der Waals surface area contributed by atoms with Crippen molar-refractivity contribution in [2.24, 2.45) is 5.73 Å². The highest BCUT2D eigenvalue weighted by Gasteiger charge is 2.10. The molecule has 1 atom stereocenters. The van der Waals surface area contributed by atoms with Crippen molar-refractivity contribution >= 4 is 17.7 Å². The largest absolute Gasteiger partial charge is 0.480 e. The van der Waals surface area contributed by atoms with Gasteiger partial charge in [-0.15, -0.1) is 0 Å². The van der Waals surface area contributed by atoms with Crippen LogP contribution in [0.3, 0.4) is 0 Å². The Morgan fingerprint density at radius 2 is 2.00 bits per heavy atom. The van der Waals surface area contributed by atoms with Crippen LogP contribution in [0.25, 0.3) is 0 Å². The Balaban J connectivity index is 2.00. The number of carboxylic acids is 1. The molecule has 1 rings (SSSR count).